The Labute approximate surface area is 162 Å². The average Bonchev–Trinajstić information content (AvgIpc) is 2.85. The molecule has 0 aromatic heterocycles. The second kappa shape index (κ2) is 7.49. The van der Waals surface area contributed by atoms with Gasteiger partial charge in [-0.3, -0.25) is 24.6 Å². The lowest BCUT2D eigenvalue weighted by molar-refractivity contribution is -0.384. The number of benzene rings is 2. The molecule has 26 heavy (non-hydrogen) atoms. The van der Waals surface area contributed by atoms with E-state index in [9.17, 15) is 19.7 Å². The number of amides is 2. The highest BCUT2D eigenvalue weighted by Crippen LogP contribution is 2.35. The zero-order valence-corrected chi connectivity index (χ0v) is 15.3. The first-order chi connectivity index (χ1) is 12.4. The molecule has 1 fully saturated rings. The molecule has 2 amide bonds. The highest BCUT2D eigenvalue weighted by molar-refractivity contribution is 8.18. The van der Waals surface area contributed by atoms with Gasteiger partial charge in [-0.25, -0.2) is 0 Å². The van der Waals surface area contributed by atoms with Gasteiger partial charge in [0.05, 0.1) is 16.4 Å². The molecule has 2 aromatic rings. The molecule has 3 rings (SSSR count). The SMILES string of the molecule is O=C1S/C(=C\c2ccc([N+](=O)[O-])cc2)C(=O)N1Cc1c(Cl)cccc1Cl. The molecule has 0 saturated carbocycles. The van der Waals surface area contributed by atoms with Crippen LogP contribution in [0.5, 0.6) is 0 Å². The van der Waals surface area contributed by atoms with Gasteiger partial charge in [0, 0.05) is 27.7 Å². The molecule has 0 bridgehead atoms. The van der Waals surface area contributed by atoms with E-state index in [0.717, 1.165) is 16.7 Å². The topological polar surface area (TPSA) is 80.5 Å². The van der Waals surface area contributed by atoms with Gasteiger partial charge in [0.25, 0.3) is 16.8 Å². The smallest absolute Gasteiger partial charge is 0.268 e. The van der Waals surface area contributed by atoms with Gasteiger partial charge in [-0.2, -0.15) is 0 Å². The van der Waals surface area contributed by atoms with Gasteiger partial charge in [-0.1, -0.05) is 29.3 Å². The number of thioether (sulfide) groups is 1. The summed E-state index contributed by atoms with van der Waals surface area (Å²) in [5, 5.41) is 11.0. The van der Waals surface area contributed by atoms with Crippen molar-refractivity contribution in [3.8, 4) is 0 Å². The maximum atomic E-state index is 12.5. The standard InChI is InChI=1S/C17H10Cl2N2O4S/c18-13-2-1-3-14(19)12(13)9-20-16(22)15(26-17(20)23)8-10-4-6-11(7-5-10)21(24)25/h1-8H,9H2/b15-8-. The molecular formula is C17H10Cl2N2O4S. The Morgan fingerprint density at radius 1 is 1.08 bits per heavy atom. The number of hydrogen-bond donors (Lipinski definition) is 0. The van der Waals surface area contributed by atoms with Crippen LogP contribution in [-0.4, -0.2) is 21.0 Å². The zero-order valence-electron chi connectivity index (χ0n) is 13.0. The molecule has 0 spiro atoms. The lowest BCUT2D eigenvalue weighted by Crippen LogP contribution is -2.27. The van der Waals surface area contributed by atoms with Crippen LogP contribution in [0.15, 0.2) is 47.4 Å². The van der Waals surface area contributed by atoms with E-state index in [1.54, 1.807) is 18.2 Å². The molecule has 1 heterocycles. The predicted molar refractivity (Wildman–Crippen MR) is 101 cm³/mol. The highest BCUT2D eigenvalue weighted by atomic mass is 35.5. The minimum atomic E-state index is -0.509. The third-order valence-corrected chi connectivity index (χ3v) is 5.27. The number of halogens is 2. The van der Waals surface area contributed by atoms with Crippen LogP contribution >= 0.6 is 35.0 Å². The number of nitro benzene ring substituents is 1. The Morgan fingerprint density at radius 3 is 2.27 bits per heavy atom. The van der Waals surface area contributed by atoms with Crippen molar-refractivity contribution in [3.05, 3.63) is 78.7 Å². The summed E-state index contributed by atoms with van der Waals surface area (Å²) in [6, 6.07) is 10.6. The number of non-ortho nitro benzene ring substituents is 1. The Bertz CT molecular complexity index is 924. The molecule has 0 aliphatic carbocycles. The number of imide groups is 1. The fraction of sp³-hybridized carbons (Fsp3) is 0.0588. The third-order valence-electron chi connectivity index (χ3n) is 3.65. The molecular weight excluding hydrogens is 399 g/mol. The summed E-state index contributed by atoms with van der Waals surface area (Å²) in [5.41, 5.74) is 1.02. The van der Waals surface area contributed by atoms with Crippen molar-refractivity contribution < 1.29 is 14.5 Å². The van der Waals surface area contributed by atoms with Crippen LogP contribution in [0.3, 0.4) is 0 Å². The number of carbonyl (C=O) groups is 2. The molecule has 0 N–H and O–H groups in total. The minimum Gasteiger partial charge on any atom is -0.268 e. The first kappa shape index (κ1) is 18.4. The summed E-state index contributed by atoms with van der Waals surface area (Å²) >= 11 is 13.0. The predicted octanol–water partition coefficient (Wildman–Crippen LogP) is 5.14. The van der Waals surface area contributed by atoms with Crippen molar-refractivity contribution >= 4 is 57.9 Å². The van der Waals surface area contributed by atoms with Crippen molar-refractivity contribution in [2.24, 2.45) is 0 Å². The first-order valence-electron chi connectivity index (χ1n) is 7.29. The largest absolute Gasteiger partial charge is 0.293 e. The van der Waals surface area contributed by atoms with E-state index < -0.39 is 16.1 Å². The van der Waals surface area contributed by atoms with Crippen LogP contribution in [0.1, 0.15) is 11.1 Å². The summed E-state index contributed by atoms with van der Waals surface area (Å²) in [7, 11) is 0. The number of nitro groups is 1. The van der Waals surface area contributed by atoms with Crippen LogP contribution in [0.4, 0.5) is 10.5 Å². The lowest BCUT2D eigenvalue weighted by atomic mass is 10.2. The Morgan fingerprint density at radius 2 is 1.69 bits per heavy atom. The molecule has 2 aromatic carbocycles. The van der Waals surface area contributed by atoms with Gasteiger partial charge in [0.2, 0.25) is 0 Å². The third kappa shape index (κ3) is 3.75. The van der Waals surface area contributed by atoms with E-state index in [2.05, 4.69) is 0 Å². The Hall–Kier alpha value is -2.35. The molecule has 0 atom stereocenters. The number of nitrogens with zero attached hydrogens (tertiary/aromatic N) is 2. The van der Waals surface area contributed by atoms with Crippen LogP contribution in [0.25, 0.3) is 6.08 Å². The molecule has 1 saturated heterocycles. The maximum Gasteiger partial charge on any atom is 0.293 e. The summed E-state index contributed by atoms with van der Waals surface area (Å²) < 4.78 is 0. The molecule has 1 aliphatic rings. The van der Waals surface area contributed by atoms with E-state index in [1.807, 2.05) is 0 Å². The Balaban J connectivity index is 1.83. The maximum absolute atomic E-state index is 12.5. The van der Waals surface area contributed by atoms with Crippen molar-refractivity contribution in [2.45, 2.75) is 6.54 Å². The molecule has 6 nitrogen and oxygen atoms in total. The quantitative estimate of drug-likeness (QED) is 0.397. The minimum absolute atomic E-state index is 0.0270. The van der Waals surface area contributed by atoms with E-state index in [1.165, 1.54) is 30.3 Å². The van der Waals surface area contributed by atoms with E-state index >= 15 is 0 Å². The van der Waals surface area contributed by atoms with Gasteiger partial charge in [-0.05, 0) is 47.7 Å². The van der Waals surface area contributed by atoms with Gasteiger partial charge in [-0.15, -0.1) is 0 Å². The van der Waals surface area contributed by atoms with Crippen LogP contribution in [0, 0.1) is 10.1 Å². The normalized spacial score (nSPS) is 15.8. The van der Waals surface area contributed by atoms with Crippen LogP contribution in [0.2, 0.25) is 10.0 Å². The number of rotatable bonds is 4. The van der Waals surface area contributed by atoms with Gasteiger partial charge in [0.1, 0.15) is 0 Å². The fourth-order valence-electron chi connectivity index (χ4n) is 2.32. The van der Waals surface area contributed by atoms with E-state index in [4.69, 9.17) is 23.2 Å². The molecule has 0 unspecified atom stereocenters. The second-order valence-corrected chi connectivity index (χ2v) is 7.12. The summed E-state index contributed by atoms with van der Waals surface area (Å²) in [6.45, 7) is -0.0270. The van der Waals surface area contributed by atoms with Gasteiger partial charge >= 0.3 is 0 Å². The summed E-state index contributed by atoms with van der Waals surface area (Å²) in [5.74, 6) is -0.464. The van der Waals surface area contributed by atoms with Crippen molar-refractivity contribution in [1.82, 2.24) is 4.90 Å². The number of carbonyl (C=O) groups excluding carboxylic acids is 2. The molecule has 132 valence electrons. The van der Waals surface area contributed by atoms with Crippen LogP contribution in [-0.2, 0) is 11.3 Å². The second-order valence-electron chi connectivity index (χ2n) is 5.32. The molecule has 9 heteroatoms. The fourth-order valence-corrected chi connectivity index (χ4v) is 3.68. The van der Waals surface area contributed by atoms with E-state index in [0.29, 0.717) is 21.2 Å². The van der Waals surface area contributed by atoms with Crippen molar-refractivity contribution in [3.63, 3.8) is 0 Å². The van der Waals surface area contributed by atoms with Crippen molar-refractivity contribution in [1.29, 1.82) is 0 Å². The summed E-state index contributed by atoms with van der Waals surface area (Å²) in [6.07, 6.45) is 1.52. The number of hydrogen-bond acceptors (Lipinski definition) is 5. The monoisotopic (exact) mass is 408 g/mol. The lowest BCUT2D eigenvalue weighted by Gasteiger charge is -2.14. The van der Waals surface area contributed by atoms with Crippen LogP contribution < -0.4 is 0 Å². The Kier molecular flexibility index (Phi) is 5.31. The first-order valence-corrected chi connectivity index (χ1v) is 8.87. The van der Waals surface area contributed by atoms with Gasteiger partial charge in [0.15, 0.2) is 0 Å². The molecule has 1 aliphatic heterocycles. The zero-order chi connectivity index (χ0) is 18.8. The van der Waals surface area contributed by atoms with E-state index in [-0.39, 0.29) is 17.1 Å². The van der Waals surface area contributed by atoms with Gasteiger partial charge < -0.3 is 0 Å². The average molecular weight is 409 g/mol. The highest BCUT2D eigenvalue weighted by Gasteiger charge is 2.35. The molecule has 0 radical (unpaired) electrons. The summed E-state index contributed by atoms with van der Waals surface area (Å²) in [4.78, 5) is 36.2. The van der Waals surface area contributed by atoms with Crippen molar-refractivity contribution in [2.75, 3.05) is 0 Å².